The van der Waals surface area contributed by atoms with Gasteiger partial charge in [-0.2, -0.15) is 0 Å². The molecule has 0 aliphatic heterocycles. The molecule has 1 aromatic rings. The number of anilines is 2. The molecule has 0 aliphatic carbocycles. The zero-order valence-electron chi connectivity index (χ0n) is 10.6. The lowest BCUT2D eigenvalue weighted by molar-refractivity contribution is 0.100. The molecular formula is C13H21N3O. The fraction of sp³-hybridized carbons (Fsp3) is 0.462. The predicted octanol–water partition coefficient (Wildman–Crippen LogP) is 1.99. The molecule has 0 heterocycles. The molecule has 1 rings (SSSR count). The molecule has 1 aromatic carbocycles. The van der Waals surface area contributed by atoms with Gasteiger partial charge in [-0.25, -0.2) is 0 Å². The number of hydrogen-bond donors (Lipinski definition) is 2. The number of carbonyl (C=O) groups is 1. The van der Waals surface area contributed by atoms with Crippen LogP contribution in [0.2, 0.25) is 0 Å². The van der Waals surface area contributed by atoms with Gasteiger partial charge in [0.25, 0.3) is 0 Å². The normalized spacial score (nSPS) is 10.2. The van der Waals surface area contributed by atoms with E-state index in [4.69, 9.17) is 11.5 Å². The van der Waals surface area contributed by atoms with Gasteiger partial charge < -0.3 is 16.4 Å². The molecule has 0 aliphatic rings. The molecule has 0 fully saturated rings. The average Bonchev–Trinajstić information content (AvgIpc) is 2.31. The quantitative estimate of drug-likeness (QED) is 0.741. The Morgan fingerprint density at radius 2 is 2.06 bits per heavy atom. The maximum Gasteiger partial charge on any atom is 0.248 e. The molecule has 0 atom stereocenters. The van der Waals surface area contributed by atoms with Crippen molar-refractivity contribution in [3.05, 3.63) is 23.8 Å². The topological polar surface area (TPSA) is 72.3 Å². The number of nitrogens with zero attached hydrogens (tertiary/aromatic N) is 1. The monoisotopic (exact) mass is 235 g/mol. The summed E-state index contributed by atoms with van der Waals surface area (Å²) >= 11 is 0. The maximum absolute atomic E-state index is 11.0. The summed E-state index contributed by atoms with van der Waals surface area (Å²) in [5.74, 6) is -0.445. The van der Waals surface area contributed by atoms with E-state index in [1.807, 2.05) is 6.07 Å². The van der Waals surface area contributed by atoms with E-state index in [0.717, 1.165) is 31.6 Å². The SMILES string of the molecule is CCCCN(CC)c1ccc(C(N)=O)cc1N. The number of rotatable bonds is 6. The van der Waals surface area contributed by atoms with Crippen molar-refractivity contribution in [1.29, 1.82) is 0 Å². The maximum atomic E-state index is 11.0. The Morgan fingerprint density at radius 3 is 2.53 bits per heavy atom. The van der Waals surface area contributed by atoms with Crippen LogP contribution in [0.15, 0.2) is 18.2 Å². The second-order valence-electron chi connectivity index (χ2n) is 4.07. The van der Waals surface area contributed by atoms with Crippen LogP contribution in [0.1, 0.15) is 37.0 Å². The number of unbranched alkanes of at least 4 members (excludes halogenated alkanes) is 1. The van der Waals surface area contributed by atoms with E-state index >= 15 is 0 Å². The van der Waals surface area contributed by atoms with Gasteiger partial charge in [-0.05, 0) is 31.5 Å². The minimum absolute atomic E-state index is 0.445. The summed E-state index contributed by atoms with van der Waals surface area (Å²) in [6.45, 7) is 6.14. The molecule has 0 unspecified atom stereocenters. The van der Waals surface area contributed by atoms with Crippen LogP contribution >= 0.6 is 0 Å². The first-order chi connectivity index (χ1) is 8.10. The average molecular weight is 235 g/mol. The van der Waals surface area contributed by atoms with E-state index < -0.39 is 5.91 Å². The summed E-state index contributed by atoms with van der Waals surface area (Å²) in [7, 11) is 0. The fourth-order valence-electron chi connectivity index (χ4n) is 1.79. The standard InChI is InChI=1S/C13H21N3O/c1-3-5-8-16(4-2)12-7-6-10(13(15)17)9-11(12)14/h6-7,9H,3-5,8,14H2,1-2H3,(H2,15,17). The molecule has 0 aromatic heterocycles. The van der Waals surface area contributed by atoms with E-state index in [1.54, 1.807) is 12.1 Å². The summed E-state index contributed by atoms with van der Waals surface area (Å²) in [4.78, 5) is 13.2. The predicted molar refractivity (Wildman–Crippen MR) is 72.2 cm³/mol. The lowest BCUT2D eigenvalue weighted by Crippen LogP contribution is -2.25. The Hall–Kier alpha value is -1.71. The summed E-state index contributed by atoms with van der Waals surface area (Å²) in [5, 5.41) is 0. The van der Waals surface area contributed by atoms with Gasteiger partial charge >= 0.3 is 0 Å². The lowest BCUT2D eigenvalue weighted by Gasteiger charge is -2.24. The first-order valence-electron chi connectivity index (χ1n) is 6.04. The van der Waals surface area contributed by atoms with Crippen LogP contribution in [-0.2, 0) is 0 Å². The Morgan fingerprint density at radius 1 is 1.35 bits per heavy atom. The van der Waals surface area contributed by atoms with Crippen LogP contribution in [0.4, 0.5) is 11.4 Å². The molecule has 0 bridgehead atoms. The number of amides is 1. The molecule has 4 N–H and O–H groups in total. The number of primary amides is 1. The van der Waals surface area contributed by atoms with Crippen molar-refractivity contribution in [2.45, 2.75) is 26.7 Å². The first-order valence-corrected chi connectivity index (χ1v) is 6.04. The highest BCUT2D eigenvalue weighted by Gasteiger charge is 2.09. The largest absolute Gasteiger partial charge is 0.397 e. The number of hydrogen-bond acceptors (Lipinski definition) is 3. The van der Waals surface area contributed by atoms with E-state index in [-0.39, 0.29) is 0 Å². The highest BCUT2D eigenvalue weighted by Crippen LogP contribution is 2.24. The van der Waals surface area contributed by atoms with Gasteiger partial charge in [-0.15, -0.1) is 0 Å². The molecule has 94 valence electrons. The van der Waals surface area contributed by atoms with Crippen LogP contribution in [0.5, 0.6) is 0 Å². The van der Waals surface area contributed by atoms with Crippen molar-refractivity contribution < 1.29 is 4.79 Å². The fourth-order valence-corrected chi connectivity index (χ4v) is 1.79. The van der Waals surface area contributed by atoms with Crippen molar-refractivity contribution in [2.75, 3.05) is 23.7 Å². The molecule has 0 radical (unpaired) electrons. The zero-order chi connectivity index (χ0) is 12.8. The molecular weight excluding hydrogens is 214 g/mol. The van der Waals surface area contributed by atoms with Gasteiger partial charge in [0.15, 0.2) is 0 Å². The molecule has 0 saturated heterocycles. The van der Waals surface area contributed by atoms with Crippen molar-refractivity contribution in [3.8, 4) is 0 Å². The minimum atomic E-state index is -0.445. The summed E-state index contributed by atoms with van der Waals surface area (Å²) in [6.07, 6.45) is 2.28. The van der Waals surface area contributed by atoms with Crippen LogP contribution in [0, 0.1) is 0 Å². The van der Waals surface area contributed by atoms with E-state index in [1.165, 1.54) is 0 Å². The molecule has 4 heteroatoms. The lowest BCUT2D eigenvalue weighted by atomic mass is 10.1. The van der Waals surface area contributed by atoms with Gasteiger partial charge in [0.05, 0.1) is 11.4 Å². The zero-order valence-corrected chi connectivity index (χ0v) is 10.6. The van der Waals surface area contributed by atoms with Gasteiger partial charge in [-0.3, -0.25) is 4.79 Å². The number of benzene rings is 1. The van der Waals surface area contributed by atoms with Crippen molar-refractivity contribution >= 4 is 17.3 Å². The van der Waals surface area contributed by atoms with Crippen molar-refractivity contribution in [2.24, 2.45) is 5.73 Å². The third kappa shape index (κ3) is 3.37. The number of carbonyl (C=O) groups excluding carboxylic acids is 1. The second kappa shape index (κ2) is 6.13. The Kier molecular flexibility index (Phi) is 4.82. The van der Waals surface area contributed by atoms with Crippen LogP contribution < -0.4 is 16.4 Å². The molecule has 17 heavy (non-hydrogen) atoms. The Labute approximate surface area is 103 Å². The van der Waals surface area contributed by atoms with Crippen LogP contribution in [0.3, 0.4) is 0 Å². The molecule has 1 amide bonds. The van der Waals surface area contributed by atoms with Crippen LogP contribution in [0.25, 0.3) is 0 Å². The minimum Gasteiger partial charge on any atom is -0.397 e. The Bertz CT molecular complexity index is 390. The highest BCUT2D eigenvalue weighted by molar-refractivity contribution is 5.94. The number of nitrogens with two attached hydrogens (primary N) is 2. The van der Waals surface area contributed by atoms with E-state index in [2.05, 4.69) is 18.7 Å². The van der Waals surface area contributed by atoms with Gasteiger partial charge in [0.1, 0.15) is 0 Å². The van der Waals surface area contributed by atoms with E-state index in [0.29, 0.717) is 11.3 Å². The number of nitrogen functional groups attached to an aromatic ring is 1. The molecule has 0 saturated carbocycles. The second-order valence-corrected chi connectivity index (χ2v) is 4.07. The summed E-state index contributed by atoms with van der Waals surface area (Å²) in [6, 6.07) is 5.24. The third-order valence-electron chi connectivity index (χ3n) is 2.82. The first kappa shape index (κ1) is 13.4. The summed E-state index contributed by atoms with van der Waals surface area (Å²) < 4.78 is 0. The van der Waals surface area contributed by atoms with E-state index in [9.17, 15) is 4.79 Å². The van der Waals surface area contributed by atoms with Gasteiger partial charge in [0, 0.05) is 18.7 Å². The third-order valence-corrected chi connectivity index (χ3v) is 2.82. The van der Waals surface area contributed by atoms with Crippen molar-refractivity contribution in [1.82, 2.24) is 0 Å². The van der Waals surface area contributed by atoms with Gasteiger partial charge in [-0.1, -0.05) is 13.3 Å². The molecule has 0 spiro atoms. The summed E-state index contributed by atoms with van der Waals surface area (Å²) in [5.41, 5.74) is 13.2. The van der Waals surface area contributed by atoms with Crippen molar-refractivity contribution in [3.63, 3.8) is 0 Å². The Balaban J connectivity index is 2.92. The van der Waals surface area contributed by atoms with Gasteiger partial charge in [0.2, 0.25) is 5.91 Å². The smallest absolute Gasteiger partial charge is 0.248 e. The highest BCUT2D eigenvalue weighted by atomic mass is 16.1. The van der Waals surface area contributed by atoms with Crippen LogP contribution in [-0.4, -0.2) is 19.0 Å². The molecule has 4 nitrogen and oxygen atoms in total.